The minimum Gasteiger partial charge on any atom is -0.342 e. The average molecular weight is 375 g/mol. The highest BCUT2D eigenvalue weighted by atomic mass is 32.2. The molecule has 136 valence electrons. The first-order chi connectivity index (χ1) is 13.2. The zero-order valence-corrected chi connectivity index (χ0v) is 15.9. The van der Waals surface area contributed by atoms with Gasteiger partial charge in [-0.15, -0.1) is 0 Å². The number of aromatic nitrogens is 2. The van der Waals surface area contributed by atoms with Gasteiger partial charge in [-0.25, -0.2) is 4.98 Å². The molecular formula is C22H21N3OS. The van der Waals surface area contributed by atoms with Gasteiger partial charge in [0.1, 0.15) is 5.82 Å². The second kappa shape index (κ2) is 7.84. The van der Waals surface area contributed by atoms with Gasteiger partial charge in [0.2, 0.25) is 0 Å². The number of hydrogen-bond acceptors (Lipinski definition) is 3. The van der Waals surface area contributed by atoms with Crippen LogP contribution in [0.15, 0.2) is 66.7 Å². The minimum absolute atomic E-state index is 0.0766. The van der Waals surface area contributed by atoms with Crippen LogP contribution in [0.1, 0.15) is 28.6 Å². The lowest BCUT2D eigenvalue weighted by Gasteiger charge is -2.16. The van der Waals surface area contributed by atoms with E-state index in [-0.39, 0.29) is 11.9 Å². The van der Waals surface area contributed by atoms with Crippen molar-refractivity contribution in [2.24, 2.45) is 0 Å². The second-order valence-electron chi connectivity index (χ2n) is 6.51. The summed E-state index contributed by atoms with van der Waals surface area (Å²) in [4.78, 5) is 20.9. The molecule has 0 aliphatic carbocycles. The van der Waals surface area contributed by atoms with E-state index in [4.69, 9.17) is 0 Å². The second-order valence-corrected chi connectivity index (χ2v) is 7.49. The van der Waals surface area contributed by atoms with Crippen LogP contribution in [0.5, 0.6) is 0 Å². The number of carbonyl (C=O) groups is 1. The summed E-state index contributed by atoms with van der Waals surface area (Å²) in [6.45, 7) is 0. The standard InChI is InChI=1S/C22H21N3OS/c1-27-13-12-20(21-23-18-8-4-5-9-19(18)24-21)25-22(26)17-11-10-15-6-2-3-7-16(15)14-17/h2-11,14,20H,12-13H2,1H3,(H,23,24)(H,25,26)/t20-/m1/s1. The molecule has 1 amide bonds. The van der Waals surface area contributed by atoms with Crippen LogP contribution in [0, 0.1) is 0 Å². The fourth-order valence-electron chi connectivity index (χ4n) is 3.22. The Labute approximate surface area is 162 Å². The Morgan fingerprint density at radius 3 is 2.67 bits per heavy atom. The van der Waals surface area contributed by atoms with Crippen LogP contribution in [0.4, 0.5) is 0 Å². The van der Waals surface area contributed by atoms with E-state index in [9.17, 15) is 4.79 Å². The Balaban J connectivity index is 1.60. The number of nitrogens with zero attached hydrogens (tertiary/aromatic N) is 1. The van der Waals surface area contributed by atoms with E-state index in [1.807, 2.05) is 66.7 Å². The molecule has 0 unspecified atom stereocenters. The smallest absolute Gasteiger partial charge is 0.251 e. The molecule has 0 fully saturated rings. The number of nitrogens with one attached hydrogen (secondary N) is 2. The topological polar surface area (TPSA) is 57.8 Å². The van der Waals surface area contributed by atoms with E-state index in [2.05, 4.69) is 21.5 Å². The molecule has 4 aromatic rings. The number of amides is 1. The van der Waals surface area contributed by atoms with Crippen LogP contribution >= 0.6 is 11.8 Å². The summed E-state index contributed by atoms with van der Waals surface area (Å²) in [7, 11) is 0. The maximum Gasteiger partial charge on any atom is 0.251 e. The Morgan fingerprint density at radius 2 is 1.85 bits per heavy atom. The van der Waals surface area contributed by atoms with Crippen molar-refractivity contribution in [1.29, 1.82) is 0 Å². The third-order valence-electron chi connectivity index (χ3n) is 4.67. The molecule has 0 saturated carbocycles. The van der Waals surface area contributed by atoms with Gasteiger partial charge >= 0.3 is 0 Å². The predicted molar refractivity (Wildman–Crippen MR) is 113 cm³/mol. The lowest BCUT2D eigenvalue weighted by Crippen LogP contribution is -2.29. The zero-order valence-electron chi connectivity index (χ0n) is 15.1. The number of fused-ring (bicyclic) bond motifs is 2. The lowest BCUT2D eigenvalue weighted by molar-refractivity contribution is 0.0934. The van der Waals surface area contributed by atoms with Gasteiger partial charge in [0, 0.05) is 5.56 Å². The van der Waals surface area contributed by atoms with E-state index >= 15 is 0 Å². The number of hydrogen-bond donors (Lipinski definition) is 2. The molecule has 0 aliphatic heterocycles. The summed E-state index contributed by atoms with van der Waals surface area (Å²) < 4.78 is 0. The van der Waals surface area contributed by atoms with Gasteiger partial charge in [-0.3, -0.25) is 4.79 Å². The van der Waals surface area contributed by atoms with E-state index < -0.39 is 0 Å². The van der Waals surface area contributed by atoms with Gasteiger partial charge in [-0.2, -0.15) is 11.8 Å². The Morgan fingerprint density at radius 1 is 1.07 bits per heavy atom. The molecule has 5 heteroatoms. The summed E-state index contributed by atoms with van der Waals surface area (Å²) >= 11 is 1.76. The SMILES string of the molecule is CSCC[C@@H](NC(=O)c1ccc2ccccc2c1)c1nc2ccccc2[nH]1. The summed E-state index contributed by atoms with van der Waals surface area (Å²) in [5, 5.41) is 5.36. The van der Waals surface area contributed by atoms with Crippen molar-refractivity contribution in [1.82, 2.24) is 15.3 Å². The number of imidazole rings is 1. The first kappa shape index (κ1) is 17.6. The molecule has 3 aromatic carbocycles. The largest absolute Gasteiger partial charge is 0.342 e. The van der Waals surface area contributed by atoms with Crippen LogP contribution in [0.3, 0.4) is 0 Å². The predicted octanol–water partition coefficient (Wildman–Crippen LogP) is 4.94. The van der Waals surface area contributed by atoms with Gasteiger partial charge in [0.15, 0.2) is 0 Å². The number of para-hydroxylation sites is 2. The summed E-state index contributed by atoms with van der Waals surface area (Å²) in [5.41, 5.74) is 2.57. The van der Waals surface area contributed by atoms with Crippen LogP contribution in [0.2, 0.25) is 0 Å². The molecule has 4 rings (SSSR count). The fourth-order valence-corrected chi connectivity index (χ4v) is 3.69. The van der Waals surface area contributed by atoms with Gasteiger partial charge in [0.05, 0.1) is 17.1 Å². The van der Waals surface area contributed by atoms with Gasteiger partial charge in [0.25, 0.3) is 5.91 Å². The Bertz CT molecular complexity index is 1060. The van der Waals surface area contributed by atoms with Crippen molar-refractivity contribution in [2.75, 3.05) is 12.0 Å². The molecule has 1 atom stereocenters. The highest BCUT2D eigenvalue weighted by Crippen LogP contribution is 2.21. The van der Waals surface area contributed by atoms with Gasteiger partial charge < -0.3 is 10.3 Å². The Hall–Kier alpha value is -2.79. The number of carbonyl (C=O) groups excluding carboxylic acids is 1. The van der Waals surface area contributed by atoms with Crippen molar-refractivity contribution >= 4 is 39.5 Å². The first-order valence-electron chi connectivity index (χ1n) is 8.98. The molecule has 1 heterocycles. The molecule has 0 spiro atoms. The van der Waals surface area contributed by atoms with Gasteiger partial charge in [-0.1, -0.05) is 42.5 Å². The third-order valence-corrected chi connectivity index (χ3v) is 5.31. The minimum atomic E-state index is -0.149. The number of rotatable bonds is 6. The normalized spacial score (nSPS) is 12.3. The van der Waals surface area contributed by atoms with Crippen molar-refractivity contribution in [3.63, 3.8) is 0 Å². The van der Waals surface area contributed by atoms with Crippen LogP contribution in [0.25, 0.3) is 21.8 Å². The zero-order chi connectivity index (χ0) is 18.6. The number of H-pyrrole nitrogens is 1. The van der Waals surface area contributed by atoms with E-state index in [0.29, 0.717) is 5.56 Å². The maximum atomic E-state index is 12.9. The van der Waals surface area contributed by atoms with E-state index in [1.54, 1.807) is 11.8 Å². The molecule has 0 radical (unpaired) electrons. The van der Waals surface area contributed by atoms with Crippen molar-refractivity contribution < 1.29 is 4.79 Å². The summed E-state index contributed by atoms with van der Waals surface area (Å²) in [5.74, 6) is 1.67. The number of thioether (sulfide) groups is 1. The van der Waals surface area contributed by atoms with Crippen molar-refractivity contribution in [2.45, 2.75) is 12.5 Å². The number of benzene rings is 3. The monoisotopic (exact) mass is 375 g/mol. The Kier molecular flexibility index (Phi) is 5.12. The fraction of sp³-hybridized carbons (Fsp3) is 0.182. The molecule has 0 aliphatic rings. The quantitative estimate of drug-likeness (QED) is 0.502. The highest BCUT2D eigenvalue weighted by Gasteiger charge is 2.19. The maximum absolute atomic E-state index is 12.9. The highest BCUT2D eigenvalue weighted by molar-refractivity contribution is 7.98. The molecule has 27 heavy (non-hydrogen) atoms. The van der Waals surface area contributed by atoms with Crippen LogP contribution < -0.4 is 5.32 Å². The van der Waals surface area contributed by atoms with Crippen LogP contribution in [-0.4, -0.2) is 27.9 Å². The van der Waals surface area contributed by atoms with E-state index in [1.165, 1.54) is 0 Å². The third kappa shape index (κ3) is 3.83. The summed E-state index contributed by atoms with van der Waals surface area (Å²) in [6, 6.07) is 21.6. The van der Waals surface area contributed by atoms with E-state index in [0.717, 1.165) is 39.8 Å². The lowest BCUT2D eigenvalue weighted by atomic mass is 10.1. The molecular weight excluding hydrogens is 354 g/mol. The number of aromatic amines is 1. The van der Waals surface area contributed by atoms with Crippen molar-refractivity contribution in [3.8, 4) is 0 Å². The van der Waals surface area contributed by atoms with Crippen molar-refractivity contribution in [3.05, 3.63) is 78.1 Å². The molecule has 4 nitrogen and oxygen atoms in total. The van der Waals surface area contributed by atoms with Crippen LogP contribution in [-0.2, 0) is 0 Å². The first-order valence-corrected chi connectivity index (χ1v) is 10.4. The molecule has 0 saturated heterocycles. The molecule has 0 bridgehead atoms. The van der Waals surface area contributed by atoms with Gasteiger partial charge in [-0.05, 0) is 53.5 Å². The summed E-state index contributed by atoms with van der Waals surface area (Å²) in [6.07, 6.45) is 2.89. The average Bonchev–Trinajstić information content (AvgIpc) is 3.14. The molecule has 1 aromatic heterocycles. The molecule has 2 N–H and O–H groups in total.